The lowest BCUT2D eigenvalue weighted by Crippen LogP contribution is -2.24. The van der Waals surface area contributed by atoms with Crippen molar-refractivity contribution in [2.75, 3.05) is 6.54 Å². The van der Waals surface area contributed by atoms with Crippen molar-refractivity contribution in [2.24, 2.45) is 0 Å². The standard InChI is InChI=1S/C12H13BrClN3/c13-12-10-4-3-8(14)7-17(10)11(16-12)6-9-2-1-5-15-9/h3-4,7,9,15H,1-2,5-6H2. The average Bonchev–Trinajstić information content (AvgIpc) is 2.89. The van der Waals surface area contributed by atoms with Crippen LogP contribution in [0.25, 0.3) is 5.52 Å². The van der Waals surface area contributed by atoms with E-state index in [-0.39, 0.29) is 0 Å². The van der Waals surface area contributed by atoms with Crippen molar-refractivity contribution >= 4 is 33.0 Å². The molecule has 1 saturated heterocycles. The van der Waals surface area contributed by atoms with Crippen LogP contribution in [0, 0.1) is 0 Å². The number of imidazole rings is 1. The van der Waals surface area contributed by atoms with E-state index in [9.17, 15) is 0 Å². The molecule has 2 aromatic rings. The van der Waals surface area contributed by atoms with E-state index in [1.54, 1.807) is 0 Å². The first-order valence-corrected chi connectivity index (χ1v) is 6.96. The molecule has 2 aromatic heterocycles. The Morgan fingerprint density at radius 3 is 3.18 bits per heavy atom. The molecular weight excluding hydrogens is 302 g/mol. The summed E-state index contributed by atoms with van der Waals surface area (Å²) in [5, 5.41) is 4.23. The van der Waals surface area contributed by atoms with Gasteiger partial charge in [0.2, 0.25) is 0 Å². The van der Waals surface area contributed by atoms with Crippen molar-refractivity contribution in [3.63, 3.8) is 0 Å². The van der Waals surface area contributed by atoms with Crippen LogP contribution >= 0.6 is 27.5 Å². The highest BCUT2D eigenvalue weighted by molar-refractivity contribution is 9.10. The van der Waals surface area contributed by atoms with E-state index in [0.717, 1.165) is 33.9 Å². The normalized spacial score (nSPS) is 20.2. The molecule has 90 valence electrons. The van der Waals surface area contributed by atoms with Gasteiger partial charge in [-0.25, -0.2) is 4.98 Å². The smallest absolute Gasteiger partial charge is 0.132 e. The zero-order chi connectivity index (χ0) is 11.8. The second-order valence-corrected chi connectivity index (χ2v) is 5.61. The first kappa shape index (κ1) is 11.5. The minimum absolute atomic E-state index is 0.548. The summed E-state index contributed by atoms with van der Waals surface area (Å²) in [5.74, 6) is 1.06. The molecule has 17 heavy (non-hydrogen) atoms. The summed E-state index contributed by atoms with van der Waals surface area (Å²) in [6, 6.07) is 4.43. The maximum absolute atomic E-state index is 6.04. The Morgan fingerprint density at radius 1 is 1.53 bits per heavy atom. The molecule has 3 heterocycles. The van der Waals surface area contributed by atoms with Crippen LogP contribution in [0.3, 0.4) is 0 Å². The number of hydrogen-bond acceptors (Lipinski definition) is 2. The zero-order valence-electron chi connectivity index (χ0n) is 9.29. The summed E-state index contributed by atoms with van der Waals surface area (Å²) in [4.78, 5) is 4.58. The molecule has 0 aliphatic carbocycles. The highest BCUT2D eigenvalue weighted by atomic mass is 79.9. The van der Waals surface area contributed by atoms with Gasteiger partial charge in [-0.05, 0) is 47.4 Å². The molecule has 0 bridgehead atoms. The van der Waals surface area contributed by atoms with Crippen molar-refractivity contribution in [2.45, 2.75) is 25.3 Å². The fourth-order valence-electron chi connectivity index (χ4n) is 2.38. The predicted molar refractivity (Wildman–Crippen MR) is 72.6 cm³/mol. The molecule has 1 aliphatic heterocycles. The SMILES string of the molecule is Clc1ccc2c(Br)nc(CC3CCCN3)n2c1. The molecule has 1 atom stereocenters. The van der Waals surface area contributed by atoms with E-state index >= 15 is 0 Å². The van der Waals surface area contributed by atoms with E-state index in [1.165, 1.54) is 12.8 Å². The van der Waals surface area contributed by atoms with Crippen LogP contribution in [0.2, 0.25) is 5.02 Å². The number of nitrogens with one attached hydrogen (secondary N) is 1. The maximum Gasteiger partial charge on any atom is 0.132 e. The number of hydrogen-bond donors (Lipinski definition) is 1. The summed E-state index contributed by atoms with van der Waals surface area (Å²) in [6.07, 6.45) is 5.37. The number of nitrogens with zero attached hydrogens (tertiary/aromatic N) is 2. The molecule has 1 unspecified atom stereocenters. The Morgan fingerprint density at radius 2 is 2.41 bits per heavy atom. The molecule has 0 radical (unpaired) electrons. The van der Waals surface area contributed by atoms with Gasteiger partial charge in [0, 0.05) is 18.7 Å². The minimum Gasteiger partial charge on any atom is -0.314 e. The van der Waals surface area contributed by atoms with Crippen LogP contribution in [-0.4, -0.2) is 22.0 Å². The van der Waals surface area contributed by atoms with Crippen LogP contribution in [-0.2, 0) is 6.42 Å². The van der Waals surface area contributed by atoms with Gasteiger partial charge in [0.25, 0.3) is 0 Å². The Bertz CT molecular complexity index is 546. The lowest BCUT2D eigenvalue weighted by molar-refractivity contribution is 0.584. The molecule has 1 fully saturated rings. The molecule has 3 nitrogen and oxygen atoms in total. The van der Waals surface area contributed by atoms with Gasteiger partial charge in [0.05, 0.1) is 10.5 Å². The Hall–Kier alpha value is -0.580. The van der Waals surface area contributed by atoms with Gasteiger partial charge in [0.1, 0.15) is 10.4 Å². The van der Waals surface area contributed by atoms with Crippen molar-refractivity contribution in [1.29, 1.82) is 0 Å². The fraction of sp³-hybridized carbons (Fsp3) is 0.417. The van der Waals surface area contributed by atoms with Crippen LogP contribution in [0.1, 0.15) is 18.7 Å². The fourth-order valence-corrected chi connectivity index (χ4v) is 3.06. The van der Waals surface area contributed by atoms with Crippen LogP contribution in [0.5, 0.6) is 0 Å². The topological polar surface area (TPSA) is 29.3 Å². The number of halogens is 2. The zero-order valence-corrected chi connectivity index (χ0v) is 11.6. The highest BCUT2D eigenvalue weighted by Crippen LogP contribution is 2.23. The van der Waals surface area contributed by atoms with Crippen molar-refractivity contribution in [1.82, 2.24) is 14.7 Å². The summed E-state index contributed by atoms with van der Waals surface area (Å²) >= 11 is 9.53. The lowest BCUT2D eigenvalue weighted by Gasteiger charge is -2.08. The van der Waals surface area contributed by atoms with E-state index in [0.29, 0.717) is 6.04 Å². The number of fused-ring (bicyclic) bond motifs is 1. The van der Waals surface area contributed by atoms with Crippen molar-refractivity contribution in [3.05, 3.63) is 33.8 Å². The summed E-state index contributed by atoms with van der Waals surface area (Å²) in [5.41, 5.74) is 1.07. The highest BCUT2D eigenvalue weighted by Gasteiger charge is 2.18. The van der Waals surface area contributed by atoms with Gasteiger partial charge in [-0.15, -0.1) is 0 Å². The summed E-state index contributed by atoms with van der Waals surface area (Å²) in [7, 11) is 0. The Kier molecular flexibility index (Phi) is 3.11. The second kappa shape index (κ2) is 4.59. The van der Waals surface area contributed by atoms with Crippen LogP contribution in [0.4, 0.5) is 0 Å². The van der Waals surface area contributed by atoms with Gasteiger partial charge in [-0.2, -0.15) is 0 Å². The van der Waals surface area contributed by atoms with E-state index < -0.39 is 0 Å². The monoisotopic (exact) mass is 313 g/mol. The van der Waals surface area contributed by atoms with Crippen LogP contribution < -0.4 is 5.32 Å². The molecule has 5 heteroatoms. The largest absolute Gasteiger partial charge is 0.314 e. The number of rotatable bonds is 2. The molecule has 0 aromatic carbocycles. The van der Waals surface area contributed by atoms with Gasteiger partial charge in [-0.3, -0.25) is 0 Å². The predicted octanol–water partition coefficient (Wildman–Crippen LogP) is 3.04. The average molecular weight is 315 g/mol. The molecule has 1 N–H and O–H groups in total. The van der Waals surface area contributed by atoms with E-state index in [1.807, 2.05) is 18.3 Å². The maximum atomic E-state index is 6.04. The summed E-state index contributed by atoms with van der Waals surface area (Å²) in [6.45, 7) is 1.12. The van der Waals surface area contributed by atoms with E-state index in [2.05, 4.69) is 30.6 Å². The first-order chi connectivity index (χ1) is 8.24. The Balaban J connectivity index is 2.00. The summed E-state index contributed by atoms with van der Waals surface area (Å²) < 4.78 is 2.97. The third-order valence-electron chi connectivity index (χ3n) is 3.22. The van der Waals surface area contributed by atoms with Gasteiger partial charge in [0.15, 0.2) is 0 Å². The second-order valence-electron chi connectivity index (χ2n) is 4.42. The van der Waals surface area contributed by atoms with Crippen LogP contribution in [0.15, 0.2) is 22.9 Å². The third-order valence-corrected chi connectivity index (χ3v) is 4.03. The lowest BCUT2D eigenvalue weighted by atomic mass is 10.1. The van der Waals surface area contributed by atoms with Gasteiger partial charge in [-0.1, -0.05) is 11.6 Å². The first-order valence-electron chi connectivity index (χ1n) is 5.79. The number of aromatic nitrogens is 2. The van der Waals surface area contributed by atoms with Gasteiger partial charge >= 0.3 is 0 Å². The third kappa shape index (κ3) is 2.21. The van der Waals surface area contributed by atoms with E-state index in [4.69, 9.17) is 11.6 Å². The molecular formula is C12H13BrClN3. The number of pyridine rings is 1. The molecule has 3 rings (SSSR count). The van der Waals surface area contributed by atoms with Crippen molar-refractivity contribution < 1.29 is 0 Å². The molecule has 0 amide bonds. The molecule has 0 saturated carbocycles. The minimum atomic E-state index is 0.548. The van der Waals surface area contributed by atoms with Crippen molar-refractivity contribution in [3.8, 4) is 0 Å². The molecule has 1 aliphatic rings. The quantitative estimate of drug-likeness (QED) is 0.923. The molecule has 0 spiro atoms. The van der Waals surface area contributed by atoms with Gasteiger partial charge < -0.3 is 9.72 Å². The Labute approximate surface area is 113 Å².